The van der Waals surface area contributed by atoms with Gasteiger partial charge in [-0.05, 0) is 36.4 Å². The van der Waals surface area contributed by atoms with Crippen LogP contribution in [0.25, 0.3) is 27.5 Å². The summed E-state index contributed by atoms with van der Waals surface area (Å²) in [6, 6.07) is 12.0. The molecule has 1 saturated heterocycles. The van der Waals surface area contributed by atoms with E-state index in [9.17, 15) is 18.4 Å². The fourth-order valence-corrected chi connectivity index (χ4v) is 5.12. The number of carbonyl (C=O) groups excluding carboxylic acids is 2. The van der Waals surface area contributed by atoms with E-state index in [0.717, 1.165) is 6.07 Å². The maximum absolute atomic E-state index is 14.1. The van der Waals surface area contributed by atoms with Crippen molar-refractivity contribution in [3.8, 4) is 11.8 Å². The molecule has 2 aromatic heterocycles. The number of aromatic nitrogens is 2. The maximum atomic E-state index is 14.1. The highest BCUT2D eigenvalue weighted by Crippen LogP contribution is 2.27. The summed E-state index contributed by atoms with van der Waals surface area (Å²) in [5.41, 5.74) is 1.81. The molecule has 0 radical (unpaired) electrons. The molecule has 1 aliphatic rings. The van der Waals surface area contributed by atoms with Gasteiger partial charge in [0.15, 0.2) is 0 Å². The zero-order valence-corrected chi connectivity index (χ0v) is 18.5. The highest BCUT2D eigenvalue weighted by atomic mass is 32.2. The number of hydrogen-bond donors (Lipinski definition) is 1. The number of nitrogens with zero attached hydrogens (tertiary/aromatic N) is 4. The minimum absolute atomic E-state index is 0.234. The average Bonchev–Trinajstić information content (AvgIpc) is 3.49. The molecule has 34 heavy (non-hydrogen) atoms. The molecular weight excluding hydrogens is 460 g/mol. The summed E-state index contributed by atoms with van der Waals surface area (Å²) < 4.78 is 29.6. The number of halogens is 2. The summed E-state index contributed by atoms with van der Waals surface area (Å²) in [5, 5.41) is 12.6. The third-order valence-electron chi connectivity index (χ3n) is 5.72. The van der Waals surface area contributed by atoms with Gasteiger partial charge in [-0.3, -0.25) is 14.6 Å². The first-order valence-corrected chi connectivity index (χ1v) is 11.5. The molecule has 1 N–H and O–H groups in total. The largest absolute Gasteiger partial charge is 0.343 e. The second-order valence-corrected chi connectivity index (χ2v) is 8.76. The van der Waals surface area contributed by atoms with Crippen molar-refractivity contribution in [3.05, 3.63) is 72.1 Å². The lowest BCUT2D eigenvalue weighted by atomic mass is 10.1. The number of thioether (sulfide) groups is 1. The third kappa shape index (κ3) is 3.84. The Morgan fingerprint density at radius 3 is 2.85 bits per heavy atom. The van der Waals surface area contributed by atoms with Gasteiger partial charge in [-0.2, -0.15) is 5.26 Å². The number of carbonyl (C=O) groups is 2. The lowest BCUT2D eigenvalue weighted by Crippen LogP contribution is -2.42. The molecular formula is C24H17F2N5O2S. The number of nitriles is 1. The molecule has 3 heterocycles. The van der Waals surface area contributed by atoms with Crippen molar-refractivity contribution in [2.24, 2.45) is 0 Å². The summed E-state index contributed by atoms with van der Waals surface area (Å²) in [7, 11) is 0. The van der Waals surface area contributed by atoms with Crippen LogP contribution in [0.3, 0.4) is 0 Å². The predicted octanol–water partition coefficient (Wildman–Crippen LogP) is 3.61. The summed E-state index contributed by atoms with van der Waals surface area (Å²) in [4.78, 5) is 31.2. The Morgan fingerprint density at radius 1 is 1.18 bits per heavy atom. The lowest BCUT2D eigenvalue weighted by Gasteiger charge is -2.18. The van der Waals surface area contributed by atoms with Crippen LogP contribution in [0.5, 0.6) is 0 Å². The van der Waals surface area contributed by atoms with E-state index in [-0.39, 0.29) is 17.8 Å². The normalized spacial score (nSPS) is 15.6. The van der Waals surface area contributed by atoms with Gasteiger partial charge in [-0.1, -0.05) is 0 Å². The first kappa shape index (κ1) is 21.9. The topological polar surface area (TPSA) is 91.0 Å². The summed E-state index contributed by atoms with van der Waals surface area (Å²) in [6.07, 6.45) is 3.13. The van der Waals surface area contributed by atoms with E-state index in [4.69, 9.17) is 5.26 Å². The van der Waals surface area contributed by atoms with E-state index in [1.54, 1.807) is 41.1 Å². The summed E-state index contributed by atoms with van der Waals surface area (Å²) in [5.74, 6) is -1.17. The van der Waals surface area contributed by atoms with Crippen molar-refractivity contribution in [1.82, 2.24) is 19.8 Å². The molecule has 0 spiro atoms. The second-order valence-electron chi connectivity index (χ2n) is 7.76. The molecule has 7 nitrogen and oxygen atoms in total. The van der Waals surface area contributed by atoms with Crippen LogP contribution in [0, 0.1) is 23.0 Å². The number of fused-ring (bicyclic) bond motifs is 2. The predicted molar refractivity (Wildman–Crippen MR) is 124 cm³/mol. The number of benzene rings is 2. The number of amides is 2. The Morgan fingerprint density at radius 2 is 2.03 bits per heavy atom. The third-order valence-corrected chi connectivity index (χ3v) is 6.73. The minimum Gasteiger partial charge on any atom is -0.343 e. The Hall–Kier alpha value is -3.97. The van der Waals surface area contributed by atoms with Crippen molar-refractivity contribution >= 4 is 45.4 Å². The van der Waals surface area contributed by atoms with E-state index in [1.807, 2.05) is 0 Å². The van der Waals surface area contributed by atoms with Crippen LogP contribution in [0.1, 0.15) is 10.4 Å². The molecule has 1 atom stereocenters. The second kappa shape index (κ2) is 8.76. The van der Waals surface area contributed by atoms with Crippen LogP contribution in [0.2, 0.25) is 0 Å². The average molecular weight is 477 g/mol. The highest BCUT2D eigenvalue weighted by molar-refractivity contribution is 7.99. The van der Waals surface area contributed by atoms with Crippen LogP contribution in [0.4, 0.5) is 8.78 Å². The minimum atomic E-state index is -0.688. The first-order valence-electron chi connectivity index (χ1n) is 10.4. The number of hydrogen-bond acceptors (Lipinski definition) is 5. The summed E-state index contributed by atoms with van der Waals surface area (Å²) in [6.45, 7) is -0.234. The molecule has 2 aromatic carbocycles. The molecule has 0 saturated carbocycles. The standard InChI is InChI=1S/C24H17F2N5O2S/c25-14-7-20(26)18-4-6-30(22(18)8-14)15-1-2-21-19(9-15)17(3-5-28-21)24(33)29-11-23(32)31-13-34-12-16(31)10-27/h1-9,16H,11-13H2,(H,29,33)/t16-/m1/s1. The molecule has 5 rings (SSSR count). The number of pyridine rings is 1. The zero-order valence-electron chi connectivity index (χ0n) is 17.7. The zero-order chi connectivity index (χ0) is 23.8. The summed E-state index contributed by atoms with van der Waals surface area (Å²) >= 11 is 1.49. The molecule has 0 aliphatic carbocycles. The van der Waals surface area contributed by atoms with Gasteiger partial charge in [0, 0.05) is 40.7 Å². The van der Waals surface area contributed by atoms with Gasteiger partial charge >= 0.3 is 0 Å². The van der Waals surface area contributed by atoms with Crippen molar-refractivity contribution in [3.63, 3.8) is 0 Å². The quantitative estimate of drug-likeness (QED) is 0.485. The van der Waals surface area contributed by atoms with Gasteiger partial charge in [0.2, 0.25) is 5.91 Å². The van der Waals surface area contributed by atoms with Crippen molar-refractivity contribution in [1.29, 1.82) is 5.26 Å². The van der Waals surface area contributed by atoms with Gasteiger partial charge in [-0.25, -0.2) is 8.78 Å². The molecule has 2 amide bonds. The lowest BCUT2D eigenvalue weighted by molar-refractivity contribution is -0.129. The van der Waals surface area contributed by atoms with Gasteiger partial charge in [0.05, 0.1) is 35.1 Å². The Labute approximate surface area is 197 Å². The van der Waals surface area contributed by atoms with Crippen molar-refractivity contribution in [2.45, 2.75) is 6.04 Å². The molecule has 1 aliphatic heterocycles. The van der Waals surface area contributed by atoms with Crippen LogP contribution in [-0.2, 0) is 4.79 Å². The molecule has 1 fully saturated rings. The van der Waals surface area contributed by atoms with E-state index in [0.29, 0.717) is 39.3 Å². The number of rotatable bonds is 4. The molecule has 4 aromatic rings. The molecule has 0 unspecified atom stereocenters. The van der Waals surface area contributed by atoms with Crippen LogP contribution < -0.4 is 5.32 Å². The van der Waals surface area contributed by atoms with Gasteiger partial charge in [-0.15, -0.1) is 11.8 Å². The maximum Gasteiger partial charge on any atom is 0.252 e. The van der Waals surface area contributed by atoms with Gasteiger partial charge in [0.25, 0.3) is 5.91 Å². The van der Waals surface area contributed by atoms with Gasteiger partial charge < -0.3 is 14.8 Å². The molecule has 10 heteroatoms. The van der Waals surface area contributed by atoms with Crippen molar-refractivity contribution in [2.75, 3.05) is 18.2 Å². The monoisotopic (exact) mass is 477 g/mol. The van der Waals surface area contributed by atoms with Crippen molar-refractivity contribution < 1.29 is 18.4 Å². The van der Waals surface area contributed by atoms with Crippen LogP contribution in [-0.4, -0.2) is 50.5 Å². The van der Waals surface area contributed by atoms with E-state index >= 15 is 0 Å². The Balaban J connectivity index is 1.45. The van der Waals surface area contributed by atoms with E-state index < -0.39 is 23.6 Å². The SMILES string of the molecule is N#C[C@@H]1CSCN1C(=O)CNC(=O)c1ccnc2ccc(-n3ccc4c(F)cc(F)cc43)cc12. The van der Waals surface area contributed by atoms with Crippen LogP contribution >= 0.6 is 11.8 Å². The Bertz CT molecular complexity index is 1500. The molecule has 170 valence electrons. The van der Waals surface area contributed by atoms with Gasteiger partial charge in [0.1, 0.15) is 17.7 Å². The fourth-order valence-electron chi connectivity index (χ4n) is 4.02. The smallest absolute Gasteiger partial charge is 0.252 e. The first-order chi connectivity index (χ1) is 16.5. The Kier molecular flexibility index (Phi) is 5.63. The number of nitrogens with one attached hydrogen (secondary N) is 1. The van der Waals surface area contributed by atoms with E-state index in [1.165, 1.54) is 28.9 Å². The highest BCUT2D eigenvalue weighted by Gasteiger charge is 2.29. The van der Waals surface area contributed by atoms with E-state index in [2.05, 4.69) is 16.4 Å². The van der Waals surface area contributed by atoms with Crippen LogP contribution in [0.15, 0.2) is 54.9 Å². The molecule has 0 bridgehead atoms. The fraction of sp³-hybridized carbons (Fsp3) is 0.167.